The number of carbonyl (C=O) groups excluding carboxylic acids is 1. The van der Waals surface area contributed by atoms with E-state index in [-0.39, 0.29) is 11.6 Å². The second-order valence-electron chi connectivity index (χ2n) is 6.61. The van der Waals surface area contributed by atoms with E-state index in [0.29, 0.717) is 21.6 Å². The van der Waals surface area contributed by atoms with Crippen LogP contribution in [0.4, 0.5) is 5.13 Å². The molecule has 30 heavy (non-hydrogen) atoms. The molecule has 8 heteroatoms. The van der Waals surface area contributed by atoms with Crippen LogP contribution in [0, 0.1) is 0 Å². The normalized spacial score (nSPS) is 11.1. The molecule has 0 aliphatic rings. The van der Waals surface area contributed by atoms with Gasteiger partial charge >= 0.3 is 0 Å². The van der Waals surface area contributed by atoms with Gasteiger partial charge in [0.15, 0.2) is 16.6 Å². The van der Waals surface area contributed by atoms with Gasteiger partial charge in [-0.3, -0.25) is 9.69 Å². The topological polar surface area (TPSA) is 64.2 Å². The number of carbonyl (C=O) groups is 1. The van der Waals surface area contributed by atoms with Crippen LogP contribution in [0.1, 0.15) is 10.5 Å². The molecule has 0 saturated heterocycles. The number of hydrogen-bond acceptors (Lipinski definition) is 5. The summed E-state index contributed by atoms with van der Waals surface area (Å²) in [5.41, 5.74) is 2.59. The van der Waals surface area contributed by atoms with Crippen molar-refractivity contribution in [3.63, 3.8) is 0 Å². The maximum absolute atomic E-state index is 13.2. The molecule has 0 saturated carbocycles. The van der Waals surface area contributed by atoms with Gasteiger partial charge < -0.3 is 4.42 Å². The van der Waals surface area contributed by atoms with Gasteiger partial charge in [-0.25, -0.2) is 9.67 Å². The Morgan fingerprint density at radius 3 is 2.63 bits per heavy atom. The molecule has 0 aliphatic carbocycles. The number of halogens is 1. The minimum absolute atomic E-state index is 0.255. The van der Waals surface area contributed by atoms with Crippen molar-refractivity contribution in [1.29, 1.82) is 0 Å². The molecular weight excluding hydrogens is 420 g/mol. The number of anilines is 1. The van der Waals surface area contributed by atoms with Gasteiger partial charge in [0.25, 0.3) is 5.91 Å². The van der Waals surface area contributed by atoms with Crippen molar-refractivity contribution < 1.29 is 9.21 Å². The Morgan fingerprint density at radius 2 is 1.90 bits per heavy atom. The van der Waals surface area contributed by atoms with Gasteiger partial charge in [0, 0.05) is 18.1 Å². The van der Waals surface area contributed by atoms with E-state index >= 15 is 0 Å². The second kappa shape index (κ2) is 7.44. The monoisotopic (exact) mass is 434 g/mol. The average molecular weight is 435 g/mol. The van der Waals surface area contributed by atoms with E-state index < -0.39 is 0 Å². The predicted octanol–water partition coefficient (Wildman–Crippen LogP) is 5.67. The summed E-state index contributed by atoms with van der Waals surface area (Å²) in [7, 11) is 1.70. The van der Waals surface area contributed by atoms with E-state index in [1.54, 1.807) is 42.3 Å². The fourth-order valence-corrected chi connectivity index (χ4v) is 4.18. The quantitative estimate of drug-likeness (QED) is 0.365. The number of fused-ring (bicyclic) bond motifs is 1. The molecule has 6 nitrogen and oxygen atoms in total. The van der Waals surface area contributed by atoms with E-state index in [4.69, 9.17) is 16.0 Å². The van der Waals surface area contributed by atoms with E-state index in [0.717, 1.165) is 15.9 Å². The van der Waals surface area contributed by atoms with Crippen molar-refractivity contribution in [2.24, 2.45) is 0 Å². The highest BCUT2D eigenvalue weighted by Crippen LogP contribution is 2.30. The third-order valence-corrected chi connectivity index (χ3v) is 6.01. The smallest absolute Gasteiger partial charge is 0.280 e. The van der Waals surface area contributed by atoms with E-state index in [2.05, 4.69) is 10.1 Å². The van der Waals surface area contributed by atoms with Crippen molar-refractivity contribution in [3.05, 3.63) is 83.7 Å². The second-order valence-corrected chi connectivity index (χ2v) is 8.05. The summed E-state index contributed by atoms with van der Waals surface area (Å²) in [6, 6.07) is 20.4. The van der Waals surface area contributed by atoms with Crippen molar-refractivity contribution in [3.8, 4) is 17.1 Å². The summed E-state index contributed by atoms with van der Waals surface area (Å²) >= 11 is 7.48. The molecule has 0 aliphatic heterocycles. The first-order chi connectivity index (χ1) is 14.6. The number of para-hydroxylation sites is 1. The van der Waals surface area contributed by atoms with Crippen LogP contribution in [-0.2, 0) is 0 Å². The molecule has 5 rings (SSSR count). The van der Waals surface area contributed by atoms with Crippen LogP contribution < -0.4 is 4.90 Å². The number of amides is 1. The Balaban J connectivity index is 1.55. The van der Waals surface area contributed by atoms with Crippen LogP contribution in [0.25, 0.3) is 27.4 Å². The number of rotatable bonds is 4. The molecule has 0 atom stereocenters. The average Bonchev–Trinajstić information content (AvgIpc) is 3.51. The van der Waals surface area contributed by atoms with Crippen LogP contribution in [0.15, 0.2) is 77.4 Å². The molecule has 1 amide bonds. The Bertz CT molecular complexity index is 1310. The summed E-state index contributed by atoms with van der Waals surface area (Å²) in [6.45, 7) is 0. The standard InChI is InChI=1S/C22H15ClN4O2S/c1-26(22-24-16-5-2-3-7-20(16)30-22)21(28)17-13-18(19-6-4-12-29-19)27(25-17)15-10-8-14(23)9-11-15/h2-13H,1H3. The zero-order valence-electron chi connectivity index (χ0n) is 15.8. The zero-order valence-corrected chi connectivity index (χ0v) is 17.4. The zero-order chi connectivity index (χ0) is 20.7. The summed E-state index contributed by atoms with van der Waals surface area (Å²) in [6.07, 6.45) is 1.59. The molecule has 2 aromatic carbocycles. The van der Waals surface area contributed by atoms with Crippen LogP contribution in [0.3, 0.4) is 0 Å². The number of furan rings is 1. The lowest BCUT2D eigenvalue weighted by molar-refractivity contribution is 0.0988. The molecule has 0 unspecified atom stereocenters. The first-order valence-electron chi connectivity index (χ1n) is 9.14. The first kappa shape index (κ1) is 18.6. The maximum Gasteiger partial charge on any atom is 0.280 e. The van der Waals surface area contributed by atoms with Crippen molar-refractivity contribution in [2.75, 3.05) is 11.9 Å². The van der Waals surface area contributed by atoms with Gasteiger partial charge in [-0.2, -0.15) is 5.10 Å². The minimum Gasteiger partial charge on any atom is -0.463 e. The number of hydrogen-bond donors (Lipinski definition) is 0. The van der Waals surface area contributed by atoms with Gasteiger partial charge in [0.2, 0.25) is 0 Å². The Morgan fingerprint density at radius 1 is 1.10 bits per heavy atom. The first-order valence-corrected chi connectivity index (χ1v) is 10.3. The molecule has 148 valence electrons. The van der Waals surface area contributed by atoms with Gasteiger partial charge in [-0.05, 0) is 48.5 Å². The van der Waals surface area contributed by atoms with Crippen molar-refractivity contribution >= 4 is 44.2 Å². The number of nitrogens with zero attached hydrogens (tertiary/aromatic N) is 4. The molecule has 0 spiro atoms. The van der Waals surface area contributed by atoms with E-state index in [1.807, 2.05) is 42.5 Å². The molecular formula is C22H15ClN4O2S. The van der Waals surface area contributed by atoms with Gasteiger partial charge in [-0.1, -0.05) is 35.1 Å². The summed E-state index contributed by atoms with van der Waals surface area (Å²) in [4.78, 5) is 19.3. The highest BCUT2D eigenvalue weighted by Gasteiger charge is 2.23. The van der Waals surface area contributed by atoms with E-state index in [9.17, 15) is 4.79 Å². The summed E-state index contributed by atoms with van der Waals surface area (Å²) < 4.78 is 8.26. The van der Waals surface area contributed by atoms with Gasteiger partial charge in [0.1, 0.15) is 5.69 Å². The predicted molar refractivity (Wildman–Crippen MR) is 119 cm³/mol. The maximum atomic E-state index is 13.2. The third-order valence-electron chi connectivity index (χ3n) is 4.65. The lowest BCUT2D eigenvalue weighted by atomic mass is 10.2. The number of aromatic nitrogens is 3. The highest BCUT2D eigenvalue weighted by molar-refractivity contribution is 7.22. The summed E-state index contributed by atoms with van der Waals surface area (Å²) in [5, 5.41) is 5.80. The Kier molecular flexibility index (Phi) is 4.61. The van der Waals surface area contributed by atoms with Crippen LogP contribution >= 0.6 is 22.9 Å². The molecule has 0 radical (unpaired) electrons. The molecule has 3 heterocycles. The summed E-state index contributed by atoms with van der Waals surface area (Å²) in [5.74, 6) is 0.355. The number of benzene rings is 2. The molecule has 0 N–H and O–H groups in total. The Labute approximate surface area is 181 Å². The van der Waals surface area contributed by atoms with Crippen LogP contribution in [0.5, 0.6) is 0 Å². The van der Waals surface area contributed by atoms with Gasteiger partial charge in [-0.15, -0.1) is 0 Å². The van der Waals surface area contributed by atoms with Gasteiger partial charge in [0.05, 0.1) is 22.2 Å². The lowest BCUT2D eigenvalue weighted by Gasteiger charge is -2.11. The fourth-order valence-electron chi connectivity index (χ4n) is 3.13. The van der Waals surface area contributed by atoms with Crippen molar-refractivity contribution in [1.82, 2.24) is 14.8 Å². The highest BCUT2D eigenvalue weighted by atomic mass is 35.5. The van der Waals surface area contributed by atoms with E-state index in [1.165, 1.54) is 16.2 Å². The number of thiazole rings is 1. The van der Waals surface area contributed by atoms with Crippen molar-refractivity contribution in [2.45, 2.75) is 0 Å². The molecule has 0 fully saturated rings. The molecule has 5 aromatic rings. The fraction of sp³-hybridized carbons (Fsp3) is 0.0455. The minimum atomic E-state index is -0.255. The Hall–Kier alpha value is -3.42. The SMILES string of the molecule is CN(C(=O)c1cc(-c2ccco2)n(-c2ccc(Cl)cc2)n1)c1nc2ccccc2s1. The molecule has 3 aromatic heterocycles. The largest absolute Gasteiger partial charge is 0.463 e. The van der Waals surface area contributed by atoms with Crippen LogP contribution in [0.2, 0.25) is 5.02 Å². The van der Waals surface area contributed by atoms with Crippen LogP contribution in [-0.4, -0.2) is 27.7 Å². The molecule has 0 bridgehead atoms. The third kappa shape index (κ3) is 3.28. The lowest BCUT2D eigenvalue weighted by Crippen LogP contribution is -2.26.